The second-order valence-corrected chi connectivity index (χ2v) is 5.10. The first kappa shape index (κ1) is 13.6. The van der Waals surface area contributed by atoms with E-state index in [1.165, 1.54) is 18.5 Å². The lowest BCUT2D eigenvalue weighted by Crippen LogP contribution is -1.93. The maximum Gasteiger partial charge on any atom is 0.230 e. The summed E-state index contributed by atoms with van der Waals surface area (Å²) in [5, 5.41) is 0.476. The van der Waals surface area contributed by atoms with Crippen molar-refractivity contribution >= 4 is 33.1 Å². The molecule has 3 aromatic rings. The van der Waals surface area contributed by atoms with Gasteiger partial charge in [0.25, 0.3) is 0 Å². The van der Waals surface area contributed by atoms with Gasteiger partial charge in [0, 0.05) is 5.56 Å². The van der Waals surface area contributed by atoms with Gasteiger partial charge in [-0.3, -0.25) is 4.79 Å². The van der Waals surface area contributed by atoms with E-state index in [9.17, 15) is 9.18 Å². The number of aromatic nitrogens is 2. The van der Waals surface area contributed by atoms with Crippen LogP contribution in [-0.2, 0) is 0 Å². The van der Waals surface area contributed by atoms with E-state index in [-0.39, 0.29) is 5.88 Å². The average molecular weight is 347 g/mol. The van der Waals surface area contributed by atoms with Crippen LogP contribution in [0.5, 0.6) is 11.6 Å². The van der Waals surface area contributed by atoms with Crippen molar-refractivity contribution in [2.24, 2.45) is 0 Å². The maximum atomic E-state index is 13.4. The lowest BCUT2D eigenvalue weighted by molar-refractivity contribution is 0.112. The highest BCUT2D eigenvalue weighted by atomic mass is 79.9. The third kappa shape index (κ3) is 2.75. The number of rotatable bonds is 3. The molecule has 21 heavy (non-hydrogen) atoms. The Balaban J connectivity index is 2.05. The van der Waals surface area contributed by atoms with Crippen LogP contribution in [0.1, 0.15) is 10.4 Å². The van der Waals surface area contributed by atoms with Crippen molar-refractivity contribution in [3.05, 3.63) is 58.6 Å². The Labute approximate surface area is 127 Å². The molecule has 2 aromatic carbocycles. The number of ether oxygens (including phenoxy) is 1. The van der Waals surface area contributed by atoms with E-state index < -0.39 is 5.82 Å². The molecule has 0 aliphatic heterocycles. The number of carbonyl (C=O) groups is 1. The van der Waals surface area contributed by atoms with Gasteiger partial charge in [-0.2, -0.15) is 0 Å². The predicted octanol–water partition coefficient (Wildman–Crippen LogP) is 4.14. The van der Waals surface area contributed by atoms with Gasteiger partial charge in [-0.25, -0.2) is 14.4 Å². The summed E-state index contributed by atoms with van der Waals surface area (Å²) in [5.74, 6) is 0.335. The zero-order valence-corrected chi connectivity index (χ0v) is 12.2. The van der Waals surface area contributed by atoms with E-state index in [0.717, 1.165) is 6.29 Å². The standard InChI is InChI=1S/C15H8BrFN2O2/c16-12-5-9(7-20)1-4-14(12)21-15-11-6-10(17)2-3-13(11)18-8-19-15/h1-8H. The lowest BCUT2D eigenvalue weighted by atomic mass is 10.2. The van der Waals surface area contributed by atoms with Crippen LogP contribution < -0.4 is 4.74 Å². The molecule has 0 spiro atoms. The first-order valence-corrected chi connectivity index (χ1v) is 6.79. The number of carbonyl (C=O) groups excluding carboxylic acids is 1. The Morgan fingerprint density at radius 2 is 2.00 bits per heavy atom. The van der Waals surface area contributed by atoms with Gasteiger partial charge in [-0.05, 0) is 52.3 Å². The molecule has 6 heteroatoms. The van der Waals surface area contributed by atoms with Crippen LogP contribution in [0.25, 0.3) is 10.9 Å². The van der Waals surface area contributed by atoms with Crippen LogP contribution in [0.3, 0.4) is 0 Å². The number of benzene rings is 2. The summed E-state index contributed by atoms with van der Waals surface area (Å²) < 4.78 is 19.7. The minimum atomic E-state index is -0.391. The Bertz CT molecular complexity index is 839. The maximum absolute atomic E-state index is 13.4. The first-order chi connectivity index (χ1) is 10.2. The highest BCUT2D eigenvalue weighted by Gasteiger charge is 2.10. The van der Waals surface area contributed by atoms with Gasteiger partial charge >= 0.3 is 0 Å². The summed E-state index contributed by atoms with van der Waals surface area (Å²) >= 11 is 3.32. The predicted molar refractivity (Wildman–Crippen MR) is 79.1 cm³/mol. The minimum Gasteiger partial charge on any atom is -0.437 e. The van der Waals surface area contributed by atoms with Gasteiger partial charge in [0.1, 0.15) is 24.2 Å². The molecular weight excluding hydrogens is 339 g/mol. The molecule has 0 fully saturated rings. The van der Waals surface area contributed by atoms with Crippen molar-refractivity contribution < 1.29 is 13.9 Å². The molecular formula is C15H8BrFN2O2. The van der Waals surface area contributed by atoms with Gasteiger partial charge in [-0.15, -0.1) is 0 Å². The Morgan fingerprint density at radius 3 is 2.76 bits per heavy atom. The second kappa shape index (κ2) is 5.57. The monoisotopic (exact) mass is 346 g/mol. The number of aldehydes is 1. The molecule has 0 aliphatic rings. The fraction of sp³-hybridized carbons (Fsp3) is 0. The Kier molecular flexibility index (Phi) is 3.62. The highest BCUT2D eigenvalue weighted by Crippen LogP contribution is 2.32. The van der Waals surface area contributed by atoms with Gasteiger partial charge in [0.2, 0.25) is 5.88 Å². The summed E-state index contributed by atoms with van der Waals surface area (Å²) in [5.41, 5.74) is 1.11. The van der Waals surface area contributed by atoms with E-state index in [1.807, 2.05) is 0 Å². The third-order valence-corrected chi connectivity index (χ3v) is 3.48. The molecule has 3 rings (SSSR count). The van der Waals surface area contributed by atoms with Crippen molar-refractivity contribution in [3.8, 4) is 11.6 Å². The quantitative estimate of drug-likeness (QED) is 0.669. The largest absolute Gasteiger partial charge is 0.437 e. The molecule has 0 unspecified atom stereocenters. The number of nitrogens with zero attached hydrogens (tertiary/aromatic N) is 2. The van der Waals surface area contributed by atoms with Crippen LogP contribution in [-0.4, -0.2) is 16.3 Å². The minimum absolute atomic E-state index is 0.249. The second-order valence-electron chi connectivity index (χ2n) is 4.25. The lowest BCUT2D eigenvalue weighted by Gasteiger charge is -2.09. The first-order valence-electron chi connectivity index (χ1n) is 6.00. The average Bonchev–Trinajstić information content (AvgIpc) is 2.49. The summed E-state index contributed by atoms with van der Waals surface area (Å²) in [6.45, 7) is 0. The van der Waals surface area contributed by atoms with E-state index >= 15 is 0 Å². The van der Waals surface area contributed by atoms with Crippen LogP contribution in [0.2, 0.25) is 0 Å². The molecule has 0 radical (unpaired) electrons. The number of hydrogen-bond donors (Lipinski definition) is 0. The number of fused-ring (bicyclic) bond motifs is 1. The fourth-order valence-electron chi connectivity index (χ4n) is 1.86. The van der Waals surface area contributed by atoms with E-state index in [2.05, 4.69) is 25.9 Å². The molecule has 0 atom stereocenters. The van der Waals surface area contributed by atoms with Gasteiger partial charge in [0.15, 0.2) is 0 Å². The topological polar surface area (TPSA) is 52.1 Å². The SMILES string of the molecule is O=Cc1ccc(Oc2ncnc3ccc(F)cc23)c(Br)c1. The Hall–Kier alpha value is -2.34. The third-order valence-electron chi connectivity index (χ3n) is 2.86. The van der Waals surface area contributed by atoms with Crippen LogP contribution in [0.15, 0.2) is 47.2 Å². The Morgan fingerprint density at radius 1 is 1.14 bits per heavy atom. The van der Waals surface area contributed by atoms with E-state index in [0.29, 0.717) is 26.7 Å². The van der Waals surface area contributed by atoms with E-state index in [1.54, 1.807) is 24.3 Å². The number of hydrogen-bond acceptors (Lipinski definition) is 4. The molecule has 0 N–H and O–H groups in total. The van der Waals surface area contributed by atoms with Crippen molar-refractivity contribution in [1.82, 2.24) is 9.97 Å². The van der Waals surface area contributed by atoms with Gasteiger partial charge in [0.05, 0.1) is 15.4 Å². The van der Waals surface area contributed by atoms with Crippen LogP contribution in [0.4, 0.5) is 4.39 Å². The van der Waals surface area contributed by atoms with Crippen molar-refractivity contribution in [2.75, 3.05) is 0 Å². The smallest absolute Gasteiger partial charge is 0.230 e. The molecule has 0 bridgehead atoms. The normalized spacial score (nSPS) is 10.6. The zero-order valence-electron chi connectivity index (χ0n) is 10.6. The van der Waals surface area contributed by atoms with Gasteiger partial charge < -0.3 is 4.74 Å². The summed E-state index contributed by atoms with van der Waals surface area (Å²) in [6, 6.07) is 9.10. The molecule has 4 nitrogen and oxygen atoms in total. The van der Waals surface area contributed by atoms with Crippen molar-refractivity contribution in [2.45, 2.75) is 0 Å². The fourth-order valence-corrected chi connectivity index (χ4v) is 2.34. The molecule has 0 saturated carbocycles. The summed E-state index contributed by atoms with van der Waals surface area (Å²) in [6.07, 6.45) is 2.09. The summed E-state index contributed by atoms with van der Waals surface area (Å²) in [7, 11) is 0. The summed E-state index contributed by atoms with van der Waals surface area (Å²) in [4.78, 5) is 18.8. The van der Waals surface area contributed by atoms with Crippen molar-refractivity contribution in [1.29, 1.82) is 0 Å². The molecule has 104 valence electrons. The van der Waals surface area contributed by atoms with Gasteiger partial charge in [-0.1, -0.05) is 0 Å². The number of halogens is 2. The highest BCUT2D eigenvalue weighted by molar-refractivity contribution is 9.10. The van der Waals surface area contributed by atoms with Crippen LogP contribution in [0, 0.1) is 5.82 Å². The zero-order chi connectivity index (χ0) is 14.8. The molecule has 1 heterocycles. The molecule has 0 aliphatic carbocycles. The molecule has 0 amide bonds. The molecule has 1 aromatic heterocycles. The van der Waals surface area contributed by atoms with E-state index in [4.69, 9.17) is 4.74 Å². The molecule has 0 saturated heterocycles. The van der Waals surface area contributed by atoms with Crippen LogP contribution >= 0.6 is 15.9 Å². The van der Waals surface area contributed by atoms with Crippen molar-refractivity contribution in [3.63, 3.8) is 0 Å².